The largest absolute Gasteiger partial charge is 0.496 e. The van der Waals surface area contributed by atoms with Crippen molar-refractivity contribution in [3.8, 4) is 16.9 Å². The number of hydrogen-bond donors (Lipinski definition) is 2. The molecule has 0 aliphatic carbocycles. The summed E-state index contributed by atoms with van der Waals surface area (Å²) in [5.74, 6) is -0.314. The van der Waals surface area contributed by atoms with Gasteiger partial charge in [-0.05, 0) is 25.1 Å². The molecule has 0 bridgehead atoms. The molecule has 2 aromatic rings. The SMILES string of the molecule is COc1ccc(C)cc1-c1cc[nH]c1C(=O)O. The van der Waals surface area contributed by atoms with Crippen LogP contribution in [0.25, 0.3) is 11.1 Å². The van der Waals surface area contributed by atoms with Gasteiger partial charge in [-0.15, -0.1) is 0 Å². The van der Waals surface area contributed by atoms with Gasteiger partial charge in [0.1, 0.15) is 11.4 Å². The average Bonchev–Trinajstić information content (AvgIpc) is 2.77. The summed E-state index contributed by atoms with van der Waals surface area (Å²) in [6.07, 6.45) is 1.61. The van der Waals surface area contributed by atoms with Gasteiger partial charge in [-0.25, -0.2) is 4.79 Å². The van der Waals surface area contributed by atoms with E-state index >= 15 is 0 Å². The summed E-state index contributed by atoms with van der Waals surface area (Å²) >= 11 is 0. The Bertz CT molecular complexity index is 558. The number of aromatic amines is 1. The van der Waals surface area contributed by atoms with Gasteiger partial charge in [-0.3, -0.25) is 0 Å². The average molecular weight is 231 g/mol. The number of carboxylic acids is 1. The van der Waals surface area contributed by atoms with Crippen LogP contribution in [0.3, 0.4) is 0 Å². The number of carbonyl (C=O) groups is 1. The van der Waals surface area contributed by atoms with Gasteiger partial charge in [0.05, 0.1) is 7.11 Å². The molecule has 2 rings (SSSR count). The van der Waals surface area contributed by atoms with Crippen LogP contribution in [0.5, 0.6) is 5.75 Å². The van der Waals surface area contributed by atoms with Gasteiger partial charge in [0, 0.05) is 17.3 Å². The minimum absolute atomic E-state index is 0.175. The Morgan fingerprint density at radius 3 is 2.71 bits per heavy atom. The summed E-state index contributed by atoms with van der Waals surface area (Å²) in [5, 5.41) is 9.08. The molecule has 2 N–H and O–H groups in total. The van der Waals surface area contributed by atoms with Crippen LogP contribution >= 0.6 is 0 Å². The van der Waals surface area contributed by atoms with Crippen LogP contribution in [-0.4, -0.2) is 23.2 Å². The van der Waals surface area contributed by atoms with Crippen molar-refractivity contribution in [1.82, 2.24) is 4.98 Å². The second-order valence-corrected chi connectivity index (χ2v) is 3.78. The highest BCUT2D eigenvalue weighted by atomic mass is 16.5. The normalized spacial score (nSPS) is 10.2. The zero-order valence-corrected chi connectivity index (χ0v) is 9.65. The number of carboxylic acid groups (broad SMARTS) is 1. The number of rotatable bonds is 3. The van der Waals surface area contributed by atoms with E-state index in [1.165, 1.54) is 0 Å². The lowest BCUT2D eigenvalue weighted by Gasteiger charge is -2.09. The summed E-state index contributed by atoms with van der Waals surface area (Å²) in [6, 6.07) is 7.41. The third-order valence-electron chi connectivity index (χ3n) is 2.61. The number of methoxy groups -OCH3 is 1. The van der Waals surface area contributed by atoms with E-state index in [4.69, 9.17) is 9.84 Å². The molecule has 4 nitrogen and oxygen atoms in total. The Kier molecular flexibility index (Phi) is 2.87. The van der Waals surface area contributed by atoms with Crippen molar-refractivity contribution in [2.24, 2.45) is 0 Å². The molecule has 17 heavy (non-hydrogen) atoms. The second-order valence-electron chi connectivity index (χ2n) is 3.78. The molecule has 0 atom stereocenters. The molecule has 1 aromatic carbocycles. The van der Waals surface area contributed by atoms with Crippen LogP contribution in [0.1, 0.15) is 16.1 Å². The lowest BCUT2D eigenvalue weighted by molar-refractivity contribution is 0.0692. The topological polar surface area (TPSA) is 62.3 Å². The molecule has 0 radical (unpaired) electrons. The van der Waals surface area contributed by atoms with Crippen LogP contribution < -0.4 is 4.74 Å². The molecule has 0 fully saturated rings. The highest BCUT2D eigenvalue weighted by molar-refractivity contribution is 5.95. The highest BCUT2D eigenvalue weighted by Gasteiger charge is 2.16. The molecule has 0 aliphatic rings. The summed E-state index contributed by atoms with van der Waals surface area (Å²) in [7, 11) is 1.57. The summed E-state index contributed by atoms with van der Waals surface area (Å²) in [5.41, 5.74) is 2.65. The Morgan fingerprint density at radius 1 is 1.29 bits per heavy atom. The van der Waals surface area contributed by atoms with Gasteiger partial charge in [0.25, 0.3) is 0 Å². The quantitative estimate of drug-likeness (QED) is 0.853. The molecule has 88 valence electrons. The van der Waals surface area contributed by atoms with E-state index in [1.54, 1.807) is 19.4 Å². The lowest BCUT2D eigenvalue weighted by Crippen LogP contribution is -1.99. The first kappa shape index (κ1) is 11.3. The van der Waals surface area contributed by atoms with Crippen molar-refractivity contribution in [2.45, 2.75) is 6.92 Å². The molecule has 1 heterocycles. The minimum atomic E-state index is -0.978. The number of hydrogen-bond acceptors (Lipinski definition) is 2. The number of ether oxygens (including phenoxy) is 1. The zero-order valence-electron chi connectivity index (χ0n) is 9.65. The van der Waals surface area contributed by atoms with E-state index in [0.717, 1.165) is 11.1 Å². The number of aromatic nitrogens is 1. The van der Waals surface area contributed by atoms with E-state index < -0.39 is 5.97 Å². The molecular weight excluding hydrogens is 218 g/mol. The molecular formula is C13H13NO3. The van der Waals surface area contributed by atoms with Crippen molar-refractivity contribution >= 4 is 5.97 Å². The third kappa shape index (κ3) is 2.01. The van der Waals surface area contributed by atoms with E-state index in [9.17, 15) is 4.79 Å². The maximum atomic E-state index is 11.1. The number of aryl methyl sites for hydroxylation is 1. The van der Waals surface area contributed by atoms with E-state index in [0.29, 0.717) is 11.3 Å². The molecule has 0 unspecified atom stereocenters. The Hall–Kier alpha value is -2.23. The third-order valence-corrected chi connectivity index (χ3v) is 2.61. The van der Waals surface area contributed by atoms with Gasteiger partial charge >= 0.3 is 5.97 Å². The van der Waals surface area contributed by atoms with Crippen molar-refractivity contribution in [3.05, 3.63) is 41.7 Å². The summed E-state index contributed by atoms with van der Waals surface area (Å²) < 4.78 is 5.25. The van der Waals surface area contributed by atoms with Gasteiger partial charge in [-0.1, -0.05) is 11.6 Å². The van der Waals surface area contributed by atoms with Gasteiger partial charge in [0.15, 0.2) is 0 Å². The molecule has 0 aliphatic heterocycles. The molecule has 1 aromatic heterocycles. The van der Waals surface area contributed by atoms with Crippen molar-refractivity contribution in [2.75, 3.05) is 7.11 Å². The first-order valence-corrected chi connectivity index (χ1v) is 5.19. The van der Waals surface area contributed by atoms with Crippen LogP contribution in [-0.2, 0) is 0 Å². The Labute approximate surface area is 98.9 Å². The Balaban J connectivity index is 2.63. The molecule has 0 saturated heterocycles. The molecule has 0 amide bonds. The highest BCUT2D eigenvalue weighted by Crippen LogP contribution is 2.32. The predicted octanol–water partition coefficient (Wildman–Crippen LogP) is 2.70. The van der Waals surface area contributed by atoms with E-state index in [1.807, 2.05) is 25.1 Å². The van der Waals surface area contributed by atoms with Gasteiger partial charge in [-0.2, -0.15) is 0 Å². The number of H-pyrrole nitrogens is 1. The smallest absolute Gasteiger partial charge is 0.352 e. The van der Waals surface area contributed by atoms with Gasteiger partial charge in [0.2, 0.25) is 0 Å². The van der Waals surface area contributed by atoms with Crippen molar-refractivity contribution in [1.29, 1.82) is 0 Å². The number of aromatic carboxylic acids is 1. The molecule has 0 saturated carbocycles. The molecule has 0 spiro atoms. The van der Waals surface area contributed by atoms with Crippen molar-refractivity contribution in [3.63, 3.8) is 0 Å². The summed E-state index contributed by atoms with van der Waals surface area (Å²) in [6.45, 7) is 1.95. The fourth-order valence-corrected chi connectivity index (χ4v) is 1.80. The maximum absolute atomic E-state index is 11.1. The van der Waals surface area contributed by atoms with E-state index in [-0.39, 0.29) is 5.69 Å². The predicted molar refractivity (Wildman–Crippen MR) is 64.5 cm³/mol. The fraction of sp³-hybridized carbons (Fsp3) is 0.154. The van der Waals surface area contributed by atoms with Gasteiger partial charge < -0.3 is 14.8 Å². The number of benzene rings is 1. The van der Waals surface area contributed by atoms with Crippen LogP contribution in [0.4, 0.5) is 0 Å². The standard InChI is InChI=1S/C13H13NO3/c1-8-3-4-11(17-2)10(7-8)9-5-6-14-12(9)13(15)16/h3-7,14H,1-2H3,(H,15,16). The number of nitrogens with one attached hydrogen (secondary N) is 1. The first-order chi connectivity index (χ1) is 8.13. The minimum Gasteiger partial charge on any atom is -0.496 e. The second kappa shape index (κ2) is 4.33. The monoisotopic (exact) mass is 231 g/mol. The van der Waals surface area contributed by atoms with Crippen LogP contribution in [0.15, 0.2) is 30.5 Å². The zero-order chi connectivity index (χ0) is 12.4. The van der Waals surface area contributed by atoms with Crippen LogP contribution in [0.2, 0.25) is 0 Å². The fourth-order valence-electron chi connectivity index (χ4n) is 1.80. The lowest BCUT2D eigenvalue weighted by atomic mass is 10.0. The maximum Gasteiger partial charge on any atom is 0.352 e. The van der Waals surface area contributed by atoms with Crippen LogP contribution in [0, 0.1) is 6.92 Å². The Morgan fingerprint density at radius 2 is 2.06 bits per heavy atom. The first-order valence-electron chi connectivity index (χ1n) is 5.19. The molecule has 4 heteroatoms. The van der Waals surface area contributed by atoms with Crippen molar-refractivity contribution < 1.29 is 14.6 Å². The summed E-state index contributed by atoms with van der Waals surface area (Å²) in [4.78, 5) is 13.8. The van der Waals surface area contributed by atoms with E-state index in [2.05, 4.69) is 4.98 Å².